The number of carbonyl (C=O) groups excluding carboxylic acids is 2. The Morgan fingerprint density at radius 1 is 1.48 bits per heavy atom. The van der Waals surface area contributed by atoms with E-state index in [0.29, 0.717) is 22.2 Å². The Labute approximate surface area is 199 Å². The SMILES string of the molecule is CON=C(C(=O)NC1C(=O)N2C(C(=O)O)=C(CSc3nncn3C)CS[C@@H]12)c1csc(N)n1. The minimum Gasteiger partial charge on any atom is -0.477 e. The lowest BCUT2D eigenvalue weighted by atomic mass is 10.0. The van der Waals surface area contributed by atoms with Crippen molar-refractivity contribution in [3.63, 3.8) is 0 Å². The quantitative estimate of drug-likeness (QED) is 0.184. The number of nitrogens with one attached hydrogen (secondary N) is 1. The number of carboxylic acid groups (broad SMARTS) is 1. The maximum atomic E-state index is 12.9. The smallest absolute Gasteiger partial charge is 0.352 e. The number of hydrogen-bond acceptors (Lipinski definition) is 12. The number of thioether (sulfide) groups is 2. The number of aromatic nitrogens is 4. The summed E-state index contributed by atoms with van der Waals surface area (Å²) in [5, 5.41) is 25.7. The maximum Gasteiger partial charge on any atom is 0.352 e. The molecular weight excluding hydrogens is 492 g/mol. The molecule has 0 aliphatic carbocycles. The number of anilines is 1. The van der Waals surface area contributed by atoms with Gasteiger partial charge in [-0.05, 0) is 5.57 Å². The van der Waals surface area contributed by atoms with Gasteiger partial charge >= 0.3 is 5.97 Å². The zero-order valence-corrected chi connectivity index (χ0v) is 19.7. The molecule has 2 aliphatic rings. The molecule has 0 bridgehead atoms. The van der Waals surface area contributed by atoms with E-state index < -0.39 is 29.2 Å². The van der Waals surface area contributed by atoms with Gasteiger partial charge < -0.3 is 25.6 Å². The lowest BCUT2D eigenvalue weighted by molar-refractivity contribution is -0.150. The summed E-state index contributed by atoms with van der Waals surface area (Å²) in [5.41, 5.74) is 6.23. The summed E-state index contributed by atoms with van der Waals surface area (Å²) in [6.07, 6.45) is 1.55. The zero-order valence-electron chi connectivity index (χ0n) is 17.3. The Morgan fingerprint density at radius 2 is 2.27 bits per heavy atom. The molecule has 2 aromatic rings. The first-order valence-electron chi connectivity index (χ1n) is 9.32. The molecule has 0 aromatic carbocycles. The average molecular weight is 511 g/mol. The van der Waals surface area contributed by atoms with Crippen molar-refractivity contribution in [2.45, 2.75) is 16.6 Å². The molecule has 2 aromatic heterocycles. The summed E-state index contributed by atoms with van der Waals surface area (Å²) in [6, 6.07) is -0.914. The van der Waals surface area contributed by atoms with Crippen LogP contribution in [0.25, 0.3) is 0 Å². The molecule has 0 radical (unpaired) electrons. The van der Waals surface area contributed by atoms with E-state index in [-0.39, 0.29) is 22.2 Å². The highest BCUT2D eigenvalue weighted by molar-refractivity contribution is 8.01. The predicted octanol–water partition coefficient (Wildman–Crippen LogP) is -0.265. The van der Waals surface area contributed by atoms with E-state index in [1.54, 1.807) is 23.3 Å². The second-order valence-corrected chi connectivity index (χ2v) is 9.76. The van der Waals surface area contributed by atoms with Crippen molar-refractivity contribution < 1.29 is 24.3 Å². The Kier molecular flexibility index (Phi) is 6.57. The second-order valence-electron chi connectivity index (χ2n) is 6.82. The number of carbonyl (C=O) groups is 3. The molecular formula is C17H18N8O5S3. The van der Waals surface area contributed by atoms with Crippen LogP contribution in [-0.4, -0.2) is 83.3 Å². The van der Waals surface area contributed by atoms with Gasteiger partial charge in [-0.2, -0.15) is 0 Å². The third-order valence-corrected chi connectivity index (χ3v) is 7.88. The van der Waals surface area contributed by atoms with Crippen LogP contribution in [0.3, 0.4) is 0 Å². The lowest BCUT2D eigenvalue weighted by Crippen LogP contribution is -2.71. The number of amides is 2. The van der Waals surface area contributed by atoms with E-state index >= 15 is 0 Å². The van der Waals surface area contributed by atoms with Crippen LogP contribution in [0.5, 0.6) is 0 Å². The van der Waals surface area contributed by atoms with Crippen molar-refractivity contribution in [2.24, 2.45) is 12.2 Å². The largest absolute Gasteiger partial charge is 0.477 e. The van der Waals surface area contributed by atoms with Crippen LogP contribution in [0, 0.1) is 0 Å². The number of nitrogens with two attached hydrogens (primary N) is 1. The van der Waals surface area contributed by atoms with E-state index in [0.717, 1.165) is 11.3 Å². The molecule has 1 fully saturated rings. The standard InChI is InChI=1S/C17H18N8O5S3/c1-24-6-19-22-17(24)33-4-7-3-31-14-10(13(27)25(14)11(7)15(28)29)21-12(26)9(23-30-2)8-5-32-16(18)20-8/h5-6,10,14H,3-4H2,1-2H3,(H2,18,20)(H,21,26)(H,28,29)/t10?,14-/m0/s1. The van der Waals surface area contributed by atoms with Crippen molar-refractivity contribution in [3.05, 3.63) is 28.7 Å². The van der Waals surface area contributed by atoms with E-state index in [4.69, 9.17) is 10.6 Å². The Balaban J connectivity index is 1.49. The number of β-lactam (4-membered cyclic amide) rings is 1. The molecule has 1 saturated heterocycles. The van der Waals surface area contributed by atoms with Crippen LogP contribution in [0.1, 0.15) is 5.69 Å². The van der Waals surface area contributed by atoms with Gasteiger partial charge in [-0.1, -0.05) is 16.9 Å². The van der Waals surface area contributed by atoms with Crippen molar-refractivity contribution in [3.8, 4) is 0 Å². The van der Waals surface area contributed by atoms with E-state index in [2.05, 4.69) is 25.7 Å². The number of hydrogen-bond donors (Lipinski definition) is 3. The van der Waals surface area contributed by atoms with Crippen LogP contribution < -0.4 is 11.1 Å². The Morgan fingerprint density at radius 3 is 2.88 bits per heavy atom. The van der Waals surface area contributed by atoms with Gasteiger partial charge in [-0.25, -0.2) is 9.78 Å². The van der Waals surface area contributed by atoms with Gasteiger partial charge in [-0.3, -0.25) is 14.5 Å². The van der Waals surface area contributed by atoms with Crippen LogP contribution in [-0.2, 0) is 26.3 Å². The van der Waals surface area contributed by atoms with Gasteiger partial charge in [0.25, 0.3) is 11.8 Å². The number of nitrogen functional groups attached to an aromatic ring is 1. The molecule has 2 amide bonds. The molecule has 0 spiro atoms. The van der Waals surface area contributed by atoms with Crippen LogP contribution in [0.4, 0.5) is 5.13 Å². The second kappa shape index (κ2) is 9.40. The number of aliphatic carboxylic acids is 1. The summed E-state index contributed by atoms with van der Waals surface area (Å²) >= 11 is 3.83. The summed E-state index contributed by atoms with van der Waals surface area (Å²) < 4.78 is 1.72. The Hall–Kier alpha value is -3.11. The molecule has 174 valence electrons. The first-order valence-corrected chi connectivity index (χ1v) is 12.2. The minimum absolute atomic E-state index is 0.0676. The van der Waals surface area contributed by atoms with Crippen LogP contribution in [0.15, 0.2) is 33.3 Å². The molecule has 4 N–H and O–H groups in total. The highest BCUT2D eigenvalue weighted by atomic mass is 32.2. The molecule has 0 saturated carbocycles. The van der Waals surface area contributed by atoms with Crippen LogP contribution in [0.2, 0.25) is 0 Å². The molecule has 16 heteroatoms. The molecule has 1 unspecified atom stereocenters. The van der Waals surface area contributed by atoms with Gasteiger partial charge in [0.15, 0.2) is 16.0 Å². The summed E-state index contributed by atoms with van der Waals surface area (Å²) in [4.78, 5) is 47.6. The zero-order chi connectivity index (χ0) is 23.7. The Bertz CT molecular complexity index is 1180. The number of fused-ring (bicyclic) bond motifs is 1. The van der Waals surface area contributed by atoms with Gasteiger partial charge in [-0.15, -0.1) is 33.3 Å². The van der Waals surface area contributed by atoms with E-state index in [9.17, 15) is 19.5 Å². The highest BCUT2D eigenvalue weighted by Gasteiger charge is 2.54. The van der Waals surface area contributed by atoms with E-state index in [1.807, 2.05) is 0 Å². The number of thiazole rings is 1. The number of rotatable bonds is 8. The van der Waals surface area contributed by atoms with Gasteiger partial charge in [0.2, 0.25) is 0 Å². The average Bonchev–Trinajstić information content (AvgIpc) is 3.40. The lowest BCUT2D eigenvalue weighted by Gasteiger charge is -2.49. The fraction of sp³-hybridized carbons (Fsp3) is 0.353. The number of nitrogens with zero attached hydrogens (tertiary/aromatic N) is 6. The highest BCUT2D eigenvalue weighted by Crippen LogP contribution is 2.41. The number of carboxylic acids is 1. The molecule has 2 atom stereocenters. The normalized spacial score (nSPS) is 20.4. The topological polar surface area (TPSA) is 178 Å². The number of oxime groups is 1. The van der Waals surface area contributed by atoms with Gasteiger partial charge in [0.1, 0.15) is 36.2 Å². The number of aryl methyl sites for hydroxylation is 1. The summed E-state index contributed by atoms with van der Waals surface area (Å²) in [6.45, 7) is 0. The molecule has 33 heavy (non-hydrogen) atoms. The molecule has 4 heterocycles. The monoisotopic (exact) mass is 510 g/mol. The fourth-order valence-electron chi connectivity index (χ4n) is 3.25. The van der Waals surface area contributed by atoms with Crippen molar-refractivity contribution in [1.82, 2.24) is 30.0 Å². The fourth-order valence-corrected chi connectivity index (χ4v) is 6.17. The first-order chi connectivity index (χ1) is 15.8. The minimum atomic E-state index is -1.20. The molecule has 13 nitrogen and oxygen atoms in total. The molecule has 2 aliphatic heterocycles. The van der Waals surface area contributed by atoms with Crippen LogP contribution >= 0.6 is 34.9 Å². The molecule has 4 rings (SSSR count). The van der Waals surface area contributed by atoms with Crippen molar-refractivity contribution in [1.29, 1.82) is 0 Å². The van der Waals surface area contributed by atoms with Gasteiger partial charge in [0.05, 0.1) is 0 Å². The first kappa shape index (κ1) is 23.1. The third-order valence-electron chi connectivity index (χ3n) is 4.74. The van der Waals surface area contributed by atoms with E-state index in [1.165, 1.54) is 35.5 Å². The third kappa shape index (κ3) is 4.40. The van der Waals surface area contributed by atoms with Gasteiger partial charge in [0, 0.05) is 23.9 Å². The maximum absolute atomic E-state index is 12.9. The van der Waals surface area contributed by atoms with Crippen molar-refractivity contribution >= 4 is 63.5 Å². The van der Waals surface area contributed by atoms with Crippen molar-refractivity contribution in [2.75, 3.05) is 24.3 Å². The predicted molar refractivity (Wildman–Crippen MR) is 121 cm³/mol. The summed E-state index contributed by atoms with van der Waals surface area (Å²) in [5.74, 6) is -1.68. The summed E-state index contributed by atoms with van der Waals surface area (Å²) in [7, 11) is 3.06.